The van der Waals surface area contributed by atoms with Gasteiger partial charge in [-0.15, -0.1) is 11.3 Å². The number of aromatic nitrogens is 4. The van der Waals surface area contributed by atoms with E-state index in [2.05, 4.69) is 42.4 Å². The lowest BCUT2D eigenvalue weighted by atomic mass is 10.3. The lowest BCUT2D eigenvalue weighted by Gasteiger charge is -2.22. The van der Waals surface area contributed by atoms with Crippen LogP contribution in [0.25, 0.3) is 11.0 Å². The number of hydrogen-bond donors (Lipinski definition) is 0. The first-order valence-electron chi connectivity index (χ1n) is 7.93. The largest absolute Gasteiger partial charge is 0.355 e. The van der Waals surface area contributed by atoms with Crippen molar-refractivity contribution in [3.05, 3.63) is 34.9 Å². The number of anilines is 1. The maximum absolute atomic E-state index is 4.53. The topological polar surface area (TPSA) is 50.1 Å². The molecule has 120 valence electrons. The Kier molecular flexibility index (Phi) is 3.97. The Bertz CT molecular complexity index is 781. The van der Waals surface area contributed by atoms with Gasteiger partial charge in [0.2, 0.25) is 0 Å². The van der Waals surface area contributed by atoms with E-state index in [1.54, 1.807) is 11.0 Å². The summed E-state index contributed by atoms with van der Waals surface area (Å²) in [7, 11) is 1.92. The molecule has 4 rings (SSSR count). The molecule has 6 nitrogen and oxygen atoms in total. The molecular weight excluding hydrogens is 308 g/mol. The van der Waals surface area contributed by atoms with Gasteiger partial charge in [0.25, 0.3) is 0 Å². The van der Waals surface area contributed by atoms with Gasteiger partial charge in [0.15, 0.2) is 5.65 Å². The van der Waals surface area contributed by atoms with Gasteiger partial charge in [-0.05, 0) is 17.9 Å². The summed E-state index contributed by atoms with van der Waals surface area (Å²) in [6.07, 6.45) is 4.67. The van der Waals surface area contributed by atoms with Crippen molar-refractivity contribution in [3.8, 4) is 0 Å². The van der Waals surface area contributed by atoms with Gasteiger partial charge < -0.3 is 4.90 Å². The SMILES string of the molecule is Cn1ncc2c(N3CCCN(Cc4cccs4)CC3)ncnc21. The summed E-state index contributed by atoms with van der Waals surface area (Å²) in [5, 5.41) is 7.51. The average molecular weight is 328 g/mol. The fraction of sp³-hybridized carbons (Fsp3) is 0.438. The van der Waals surface area contributed by atoms with E-state index in [1.165, 1.54) is 4.88 Å². The van der Waals surface area contributed by atoms with Crippen LogP contribution in [0.5, 0.6) is 0 Å². The zero-order valence-corrected chi connectivity index (χ0v) is 14.0. The van der Waals surface area contributed by atoms with Crippen LogP contribution in [0.1, 0.15) is 11.3 Å². The Hall–Kier alpha value is -1.99. The van der Waals surface area contributed by atoms with Crippen molar-refractivity contribution >= 4 is 28.2 Å². The molecule has 1 saturated heterocycles. The highest BCUT2D eigenvalue weighted by atomic mass is 32.1. The standard InChI is InChI=1S/C16H20N6S/c1-20-15-14(10-19-20)16(18-12-17-15)22-6-3-5-21(7-8-22)11-13-4-2-9-23-13/h2,4,9-10,12H,3,5-8,11H2,1H3. The smallest absolute Gasteiger partial charge is 0.163 e. The van der Waals surface area contributed by atoms with Gasteiger partial charge in [0, 0.05) is 44.6 Å². The number of rotatable bonds is 3. The van der Waals surface area contributed by atoms with Crippen molar-refractivity contribution in [2.24, 2.45) is 7.05 Å². The minimum absolute atomic E-state index is 0.898. The first kappa shape index (κ1) is 14.6. The van der Waals surface area contributed by atoms with E-state index in [1.807, 2.05) is 24.6 Å². The fourth-order valence-electron chi connectivity index (χ4n) is 3.17. The number of aryl methyl sites for hydroxylation is 1. The Labute approximate surface area is 139 Å². The van der Waals surface area contributed by atoms with Crippen molar-refractivity contribution in [2.75, 3.05) is 31.1 Å². The molecule has 3 aromatic heterocycles. The number of nitrogens with zero attached hydrogens (tertiary/aromatic N) is 6. The molecule has 0 spiro atoms. The molecule has 0 radical (unpaired) electrons. The summed E-state index contributed by atoms with van der Waals surface area (Å²) in [6.45, 7) is 5.27. The first-order valence-corrected chi connectivity index (χ1v) is 8.81. The molecule has 0 aliphatic carbocycles. The summed E-state index contributed by atoms with van der Waals surface area (Å²) in [4.78, 5) is 15.2. The zero-order valence-electron chi connectivity index (χ0n) is 13.2. The molecule has 0 saturated carbocycles. The molecule has 0 atom stereocenters. The van der Waals surface area contributed by atoms with Gasteiger partial charge in [0.05, 0.1) is 11.6 Å². The first-order chi connectivity index (χ1) is 11.3. The number of fused-ring (bicyclic) bond motifs is 1. The van der Waals surface area contributed by atoms with Gasteiger partial charge in [-0.3, -0.25) is 9.58 Å². The predicted octanol–water partition coefficient (Wildman–Crippen LogP) is 2.14. The van der Waals surface area contributed by atoms with Crippen molar-refractivity contribution in [1.29, 1.82) is 0 Å². The van der Waals surface area contributed by atoms with E-state index in [9.17, 15) is 0 Å². The molecule has 0 unspecified atom stereocenters. The Morgan fingerprint density at radius 3 is 3.00 bits per heavy atom. The van der Waals surface area contributed by atoms with E-state index in [-0.39, 0.29) is 0 Å². The van der Waals surface area contributed by atoms with Crippen LogP contribution < -0.4 is 4.90 Å². The quantitative estimate of drug-likeness (QED) is 0.737. The zero-order chi connectivity index (χ0) is 15.6. The molecule has 0 bridgehead atoms. The van der Waals surface area contributed by atoms with Gasteiger partial charge in [-0.25, -0.2) is 9.97 Å². The number of thiophene rings is 1. The van der Waals surface area contributed by atoms with Crippen LogP contribution >= 0.6 is 11.3 Å². The normalized spacial score (nSPS) is 16.8. The van der Waals surface area contributed by atoms with E-state index in [0.29, 0.717) is 0 Å². The Morgan fingerprint density at radius 2 is 2.13 bits per heavy atom. The van der Waals surface area contributed by atoms with Crippen LogP contribution in [-0.4, -0.2) is 50.8 Å². The molecule has 7 heteroatoms. The highest BCUT2D eigenvalue weighted by Gasteiger charge is 2.19. The highest BCUT2D eigenvalue weighted by molar-refractivity contribution is 7.09. The molecule has 3 aromatic rings. The Morgan fingerprint density at radius 1 is 1.17 bits per heavy atom. The molecule has 1 aliphatic rings. The lowest BCUT2D eigenvalue weighted by molar-refractivity contribution is 0.288. The predicted molar refractivity (Wildman–Crippen MR) is 92.7 cm³/mol. The lowest BCUT2D eigenvalue weighted by Crippen LogP contribution is -2.30. The van der Waals surface area contributed by atoms with E-state index in [0.717, 1.165) is 56.0 Å². The second kappa shape index (κ2) is 6.25. The summed E-state index contributed by atoms with van der Waals surface area (Å²) in [6, 6.07) is 4.35. The van der Waals surface area contributed by atoms with Crippen molar-refractivity contribution in [3.63, 3.8) is 0 Å². The van der Waals surface area contributed by atoms with Crippen molar-refractivity contribution in [1.82, 2.24) is 24.6 Å². The maximum atomic E-state index is 4.53. The molecule has 1 fully saturated rings. The van der Waals surface area contributed by atoms with Gasteiger partial charge in [-0.1, -0.05) is 6.07 Å². The van der Waals surface area contributed by atoms with Gasteiger partial charge in [0.1, 0.15) is 12.1 Å². The van der Waals surface area contributed by atoms with Crippen LogP contribution in [0.15, 0.2) is 30.0 Å². The summed E-state index contributed by atoms with van der Waals surface area (Å²) in [5.41, 5.74) is 0.898. The second-order valence-electron chi connectivity index (χ2n) is 5.90. The van der Waals surface area contributed by atoms with E-state index >= 15 is 0 Å². The molecule has 23 heavy (non-hydrogen) atoms. The molecule has 4 heterocycles. The molecular formula is C16H20N6S. The number of hydrogen-bond acceptors (Lipinski definition) is 6. The fourth-order valence-corrected chi connectivity index (χ4v) is 3.91. The molecule has 1 aliphatic heterocycles. The Balaban J connectivity index is 1.51. The average Bonchev–Trinajstić information content (AvgIpc) is 3.14. The van der Waals surface area contributed by atoms with Crippen LogP contribution in [0, 0.1) is 0 Å². The van der Waals surface area contributed by atoms with Gasteiger partial charge in [-0.2, -0.15) is 5.10 Å². The maximum Gasteiger partial charge on any atom is 0.163 e. The third-order valence-corrected chi connectivity index (χ3v) is 5.22. The second-order valence-corrected chi connectivity index (χ2v) is 6.93. The monoisotopic (exact) mass is 328 g/mol. The summed E-state index contributed by atoms with van der Waals surface area (Å²) in [5.74, 6) is 1.01. The minimum atomic E-state index is 0.898. The van der Waals surface area contributed by atoms with Crippen LogP contribution in [-0.2, 0) is 13.6 Å². The third-order valence-electron chi connectivity index (χ3n) is 4.36. The summed E-state index contributed by atoms with van der Waals surface area (Å²) >= 11 is 1.84. The highest BCUT2D eigenvalue weighted by Crippen LogP contribution is 2.23. The third kappa shape index (κ3) is 2.94. The van der Waals surface area contributed by atoms with Crippen LogP contribution in [0.2, 0.25) is 0 Å². The van der Waals surface area contributed by atoms with Gasteiger partial charge >= 0.3 is 0 Å². The van der Waals surface area contributed by atoms with Crippen LogP contribution in [0.4, 0.5) is 5.82 Å². The van der Waals surface area contributed by atoms with Crippen LogP contribution in [0.3, 0.4) is 0 Å². The van der Waals surface area contributed by atoms with E-state index in [4.69, 9.17) is 0 Å². The summed E-state index contributed by atoms with van der Waals surface area (Å²) < 4.78 is 1.81. The molecule has 0 amide bonds. The molecule has 0 aromatic carbocycles. The van der Waals surface area contributed by atoms with E-state index < -0.39 is 0 Å². The minimum Gasteiger partial charge on any atom is -0.355 e. The van der Waals surface area contributed by atoms with Crippen molar-refractivity contribution in [2.45, 2.75) is 13.0 Å². The van der Waals surface area contributed by atoms with Crippen molar-refractivity contribution < 1.29 is 0 Å². The molecule has 0 N–H and O–H groups in total.